The summed E-state index contributed by atoms with van der Waals surface area (Å²) in [5.74, 6) is -7.11. The molecule has 13 heteroatoms. The summed E-state index contributed by atoms with van der Waals surface area (Å²) in [6.07, 6.45) is 9.60. The highest BCUT2D eigenvalue weighted by Crippen LogP contribution is 2.39. The van der Waals surface area contributed by atoms with Crippen LogP contribution in [0.15, 0.2) is 35.5 Å². The molecule has 0 aromatic carbocycles. The van der Waals surface area contributed by atoms with Crippen LogP contribution in [0.3, 0.4) is 0 Å². The topological polar surface area (TPSA) is 178 Å². The molecular formula is C49H79NO12. The molecule has 0 aromatic rings. The zero-order chi connectivity index (χ0) is 45.9. The Morgan fingerprint density at radius 1 is 0.903 bits per heavy atom. The molecule has 0 unspecified atom stereocenters. The van der Waals surface area contributed by atoms with Gasteiger partial charge in [0.15, 0.2) is 0 Å². The van der Waals surface area contributed by atoms with Gasteiger partial charge in [-0.05, 0) is 114 Å². The van der Waals surface area contributed by atoms with Gasteiger partial charge in [-0.2, -0.15) is 0 Å². The molecule has 4 rings (SSSR count). The van der Waals surface area contributed by atoms with E-state index in [0.29, 0.717) is 62.9 Å². The van der Waals surface area contributed by atoms with Crippen LogP contribution in [-0.2, 0) is 42.9 Å². The monoisotopic (exact) mass is 874 g/mol. The maximum absolute atomic E-state index is 14.4. The zero-order valence-electron chi connectivity index (χ0n) is 39.3. The smallest absolute Gasteiger partial charge is 0.329 e. The fourth-order valence-corrected chi connectivity index (χ4v) is 10.0. The van der Waals surface area contributed by atoms with Gasteiger partial charge in [0, 0.05) is 52.0 Å². The predicted octanol–water partition coefficient (Wildman–Crippen LogP) is 6.45. The van der Waals surface area contributed by atoms with Crippen molar-refractivity contribution in [3.63, 3.8) is 0 Å². The quantitative estimate of drug-likeness (QED) is 0.124. The molecule has 3 N–H and O–H groups in total. The summed E-state index contributed by atoms with van der Waals surface area (Å²) in [5, 5.41) is 34.5. The number of fused-ring (bicyclic) bond motifs is 3. The van der Waals surface area contributed by atoms with Gasteiger partial charge in [-0.15, -0.1) is 0 Å². The molecule has 1 saturated carbocycles. The van der Waals surface area contributed by atoms with Crippen LogP contribution in [0.4, 0.5) is 0 Å². The number of ether oxygens (including phenoxy) is 5. The second-order valence-corrected chi connectivity index (χ2v) is 19.4. The number of methoxy groups -OCH3 is 3. The van der Waals surface area contributed by atoms with Crippen molar-refractivity contribution in [3.05, 3.63) is 35.5 Å². The van der Waals surface area contributed by atoms with E-state index in [9.17, 15) is 34.5 Å². The zero-order valence-corrected chi connectivity index (χ0v) is 39.3. The number of hydrogen-bond donors (Lipinski definition) is 3. The van der Waals surface area contributed by atoms with E-state index in [4.69, 9.17) is 23.7 Å². The van der Waals surface area contributed by atoms with Gasteiger partial charge in [0.25, 0.3) is 11.7 Å². The summed E-state index contributed by atoms with van der Waals surface area (Å²) in [7, 11) is 4.65. The van der Waals surface area contributed by atoms with Crippen molar-refractivity contribution in [1.29, 1.82) is 0 Å². The summed E-state index contributed by atoms with van der Waals surface area (Å²) >= 11 is 0. The SMILES string of the molecule is CO[C@H]1C[C@@H](C)C/C(C)=C/[C@@H](C/C=C/CCC(C)C)C(=O)C[C@H](O)[C@@H](C)[C@@H](/C(C)=C/[C@@H]2CC[C@@H](O)[C@H](OC)C2)OC(=O)[C@@H]2CCCCN2C(=O)C(=O)[C@]2(O)O[C@H]1[C@@H](OC)C[C@H]2C. The Balaban J connectivity index is 1.79. The van der Waals surface area contributed by atoms with E-state index in [1.807, 2.05) is 32.1 Å². The summed E-state index contributed by atoms with van der Waals surface area (Å²) in [4.78, 5) is 58.5. The lowest BCUT2D eigenvalue weighted by Gasteiger charge is -2.47. The van der Waals surface area contributed by atoms with E-state index in [1.165, 1.54) is 19.1 Å². The number of carbonyl (C=O) groups is 4. The highest BCUT2D eigenvalue weighted by atomic mass is 16.7. The molecule has 62 heavy (non-hydrogen) atoms. The number of rotatable bonds is 10. The largest absolute Gasteiger partial charge is 0.456 e. The van der Waals surface area contributed by atoms with Gasteiger partial charge >= 0.3 is 5.97 Å². The first kappa shape index (κ1) is 51.9. The summed E-state index contributed by atoms with van der Waals surface area (Å²) in [6.45, 7) is 13.7. The molecule has 1 aliphatic carbocycles. The molecule has 352 valence electrons. The Bertz CT molecular complexity index is 1590. The lowest BCUT2D eigenvalue weighted by atomic mass is 9.81. The second-order valence-electron chi connectivity index (χ2n) is 19.4. The molecule has 2 bridgehead atoms. The lowest BCUT2D eigenvalue weighted by Crippen LogP contribution is -2.64. The number of ketones is 2. The lowest BCUT2D eigenvalue weighted by molar-refractivity contribution is -0.302. The minimum atomic E-state index is -2.51. The molecule has 3 aliphatic heterocycles. The Morgan fingerprint density at radius 3 is 2.24 bits per heavy atom. The predicted molar refractivity (Wildman–Crippen MR) is 236 cm³/mol. The number of Topliss-reactive ketones (excluding diaryl/α,β-unsaturated/α-hetero) is 2. The van der Waals surface area contributed by atoms with Crippen LogP contribution in [0.2, 0.25) is 0 Å². The Hall–Kier alpha value is -2.78. The van der Waals surface area contributed by atoms with Crippen molar-refractivity contribution in [1.82, 2.24) is 4.90 Å². The van der Waals surface area contributed by atoms with Gasteiger partial charge in [0.05, 0.1) is 30.5 Å². The molecular weight excluding hydrogens is 795 g/mol. The van der Waals surface area contributed by atoms with E-state index in [0.717, 1.165) is 18.4 Å². The van der Waals surface area contributed by atoms with Gasteiger partial charge in [-0.25, -0.2) is 4.79 Å². The summed E-state index contributed by atoms with van der Waals surface area (Å²) in [6, 6.07) is -1.14. The number of hydrogen-bond acceptors (Lipinski definition) is 12. The number of aliphatic hydroxyl groups excluding tert-OH is 2. The molecule has 14 atom stereocenters. The van der Waals surface area contributed by atoms with Crippen LogP contribution in [0.25, 0.3) is 0 Å². The van der Waals surface area contributed by atoms with Crippen molar-refractivity contribution in [3.8, 4) is 0 Å². The minimum Gasteiger partial charge on any atom is -0.456 e. The molecule has 0 aromatic heterocycles. The maximum atomic E-state index is 14.4. The number of allylic oxidation sites excluding steroid dienone is 5. The number of amides is 1. The first-order chi connectivity index (χ1) is 29.3. The van der Waals surface area contributed by atoms with E-state index in [1.54, 1.807) is 21.0 Å². The number of esters is 1. The highest BCUT2D eigenvalue weighted by molar-refractivity contribution is 6.39. The second kappa shape index (κ2) is 23.9. The third kappa shape index (κ3) is 13.4. The third-order valence-corrected chi connectivity index (χ3v) is 13.9. The number of piperidine rings is 1. The van der Waals surface area contributed by atoms with Crippen LogP contribution < -0.4 is 0 Å². The van der Waals surface area contributed by atoms with Gasteiger partial charge < -0.3 is 43.9 Å². The minimum absolute atomic E-state index is 0.0108. The van der Waals surface area contributed by atoms with E-state index < -0.39 is 83.9 Å². The number of aliphatic hydroxyl groups is 3. The number of nitrogens with zero attached hydrogens (tertiary/aromatic N) is 1. The van der Waals surface area contributed by atoms with Crippen molar-refractivity contribution in [2.45, 2.75) is 186 Å². The molecule has 1 amide bonds. The Kier molecular flexibility index (Phi) is 20.0. The van der Waals surface area contributed by atoms with Crippen molar-refractivity contribution >= 4 is 23.4 Å². The van der Waals surface area contributed by atoms with Gasteiger partial charge in [-0.3, -0.25) is 14.4 Å². The average molecular weight is 874 g/mol. The van der Waals surface area contributed by atoms with Crippen LogP contribution in [0, 0.1) is 35.5 Å². The van der Waals surface area contributed by atoms with E-state index >= 15 is 0 Å². The average Bonchev–Trinajstić information content (AvgIpc) is 3.24. The Labute approximate surface area is 371 Å². The van der Waals surface area contributed by atoms with Crippen molar-refractivity contribution < 1.29 is 58.2 Å². The van der Waals surface area contributed by atoms with E-state index in [-0.39, 0.29) is 49.5 Å². The Morgan fingerprint density at radius 2 is 1.58 bits per heavy atom. The van der Waals surface area contributed by atoms with Crippen LogP contribution >= 0.6 is 0 Å². The van der Waals surface area contributed by atoms with Crippen LogP contribution in [0.1, 0.15) is 132 Å². The standard InChI is InChI=1S/C49H79NO12/c1-29(2)16-12-11-13-17-36-23-30(3)22-31(4)24-42(59-9)45-43(60-10)26-33(6)49(57,62-45)46(54)47(55)50-21-15-14-18-37(50)48(56)61-44(34(7)39(52)28-40(36)53)32(5)25-35-19-20-38(51)41(27-35)58-8/h11,13,23,25,29,31,33-39,41-45,51-52,57H,12,14-22,24,26-28H2,1-10H3/b13-11+,30-23+,32-25+/t31-,33+,34+,35-,36+,37-,38+,39-,41+,42-,43-,44+,45+,49+/m0/s1. The first-order valence-electron chi connectivity index (χ1n) is 23.3. The molecule has 3 fully saturated rings. The molecule has 0 spiro atoms. The van der Waals surface area contributed by atoms with Crippen molar-refractivity contribution in [2.75, 3.05) is 27.9 Å². The van der Waals surface area contributed by atoms with Crippen LogP contribution in [-0.4, -0.2) is 126 Å². The molecule has 13 nitrogen and oxygen atoms in total. The molecule has 4 aliphatic rings. The van der Waals surface area contributed by atoms with Gasteiger partial charge in [-0.1, -0.05) is 64.5 Å². The van der Waals surface area contributed by atoms with Crippen molar-refractivity contribution in [2.24, 2.45) is 35.5 Å². The normalized spacial score (nSPS) is 38.9. The van der Waals surface area contributed by atoms with Crippen LogP contribution in [0.5, 0.6) is 0 Å². The number of cyclic esters (lactones) is 1. The number of carbonyl (C=O) groups excluding carboxylic acids is 4. The fraction of sp³-hybridized carbons (Fsp3) is 0.796. The highest BCUT2D eigenvalue weighted by Gasteiger charge is 2.56. The first-order valence-corrected chi connectivity index (χ1v) is 23.3. The molecule has 3 heterocycles. The van der Waals surface area contributed by atoms with Gasteiger partial charge in [0.2, 0.25) is 5.79 Å². The molecule has 0 radical (unpaired) electrons. The third-order valence-electron chi connectivity index (χ3n) is 13.9. The maximum Gasteiger partial charge on any atom is 0.329 e. The summed E-state index contributed by atoms with van der Waals surface area (Å²) in [5.41, 5.74) is 1.65. The van der Waals surface area contributed by atoms with E-state index in [2.05, 4.69) is 26.8 Å². The van der Waals surface area contributed by atoms with Gasteiger partial charge in [0.1, 0.15) is 24.0 Å². The fourth-order valence-electron chi connectivity index (χ4n) is 10.0. The summed E-state index contributed by atoms with van der Waals surface area (Å²) < 4.78 is 30.0. The molecule has 2 saturated heterocycles.